The quantitative estimate of drug-likeness (QED) is 0.418. The van der Waals surface area contributed by atoms with E-state index in [9.17, 15) is 9.59 Å². The first-order valence-corrected chi connectivity index (χ1v) is 12.7. The lowest BCUT2D eigenvalue weighted by Crippen LogP contribution is -2.29. The van der Waals surface area contributed by atoms with Crippen LogP contribution in [0.15, 0.2) is 83.8 Å². The van der Waals surface area contributed by atoms with Gasteiger partial charge in [0.25, 0.3) is 0 Å². The van der Waals surface area contributed by atoms with Crippen molar-refractivity contribution >= 4 is 46.7 Å². The highest BCUT2D eigenvalue weighted by Crippen LogP contribution is 2.44. The molecule has 0 saturated carbocycles. The minimum atomic E-state index is -0.0687. The second-order valence-corrected chi connectivity index (χ2v) is 10.0. The van der Waals surface area contributed by atoms with Crippen molar-refractivity contribution in [2.24, 2.45) is 0 Å². The van der Waals surface area contributed by atoms with E-state index in [1.165, 1.54) is 17.3 Å². The van der Waals surface area contributed by atoms with E-state index in [1.807, 2.05) is 77.7 Å². The van der Waals surface area contributed by atoms with Crippen molar-refractivity contribution in [3.05, 3.63) is 90.0 Å². The van der Waals surface area contributed by atoms with Crippen LogP contribution in [0.5, 0.6) is 0 Å². The van der Waals surface area contributed by atoms with Gasteiger partial charge in [-0.2, -0.15) is 0 Å². The summed E-state index contributed by atoms with van der Waals surface area (Å²) >= 11 is 3.15. The molecule has 1 unspecified atom stereocenters. The first-order chi connectivity index (χ1) is 15.5. The molecular weight excluding hydrogens is 436 g/mol. The summed E-state index contributed by atoms with van der Waals surface area (Å²) in [7, 11) is 0. The summed E-state index contributed by atoms with van der Waals surface area (Å²) in [6, 6.07) is 25.9. The Morgan fingerprint density at radius 3 is 2.44 bits per heavy atom. The van der Waals surface area contributed by atoms with E-state index >= 15 is 0 Å². The average molecular weight is 463 g/mol. The molecule has 32 heavy (non-hydrogen) atoms. The van der Waals surface area contributed by atoms with Crippen LogP contribution in [0.4, 0.5) is 11.4 Å². The Morgan fingerprint density at radius 2 is 1.72 bits per heavy atom. The van der Waals surface area contributed by atoms with Crippen molar-refractivity contribution in [2.75, 3.05) is 21.7 Å². The van der Waals surface area contributed by atoms with Crippen LogP contribution in [-0.2, 0) is 9.59 Å². The van der Waals surface area contributed by atoms with Crippen molar-refractivity contribution < 1.29 is 9.59 Å². The standard InChI is InChI=1S/C26H26N2O2S2/c1-18(2)22-10-6-7-11-23(22)28-25(30)17-32-26(28)19-12-14-20(15-13-19)27-24(29)16-31-21-8-4-3-5-9-21/h3-15,18,26H,16-17H2,1-2H3,(H,27,29). The maximum atomic E-state index is 12.8. The molecule has 1 N–H and O–H groups in total. The van der Waals surface area contributed by atoms with Gasteiger partial charge in [-0.1, -0.05) is 62.4 Å². The first kappa shape index (κ1) is 22.5. The van der Waals surface area contributed by atoms with Gasteiger partial charge >= 0.3 is 0 Å². The molecular formula is C26H26N2O2S2. The first-order valence-electron chi connectivity index (χ1n) is 10.6. The Hall–Kier alpha value is -2.70. The fraction of sp³-hybridized carbons (Fsp3) is 0.231. The van der Waals surface area contributed by atoms with Crippen LogP contribution in [0.25, 0.3) is 0 Å². The van der Waals surface area contributed by atoms with E-state index < -0.39 is 0 Å². The molecule has 2 amide bonds. The zero-order valence-electron chi connectivity index (χ0n) is 18.2. The number of anilines is 2. The maximum Gasteiger partial charge on any atom is 0.238 e. The molecule has 1 heterocycles. The highest BCUT2D eigenvalue weighted by molar-refractivity contribution is 8.00. The van der Waals surface area contributed by atoms with Crippen molar-refractivity contribution in [1.29, 1.82) is 0 Å². The largest absolute Gasteiger partial charge is 0.325 e. The number of hydrogen-bond donors (Lipinski definition) is 1. The lowest BCUT2D eigenvalue weighted by molar-refractivity contribution is -0.116. The van der Waals surface area contributed by atoms with Gasteiger partial charge in [0.05, 0.1) is 11.5 Å². The summed E-state index contributed by atoms with van der Waals surface area (Å²) in [4.78, 5) is 28.1. The maximum absolute atomic E-state index is 12.8. The lowest BCUT2D eigenvalue weighted by atomic mass is 10.00. The third-order valence-corrected chi connectivity index (χ3v) is 7.50. The lowest BCUT2D eigenvalue weighted by Gasteiger charge is -2.27. The van der Waals surface area contributed by atoms with Crippen LogP contribution in [-0.4, -0.2) is 23.3 Å². The average Bonchev–Trinajstić information content (AvgIpc) is 3.20. The monoisotopic (exact) mass is 462 g/mol. The predicted molar refractivity (Wildman–Crippen MR) is 135 cm³/mol. The molecule has 4 rings (SSSR count). The number of amides is 2. The molecule has 1 aliphatic rings. The van der Waals surface area contributed by atoms with Crippen LogP contribution in [0, 0.1) is 0 Å². The highest BCUT2D eigenvalue weighted by Gasteiger charge is 2.35. The Balaban J connectivity index is 1.45. The topological polar surface area (TPSA) is 49.4 Å². The summed E-state index contributed by atoms with van der Waals surface area (Å²) in [6.45, 7) is 4.30. The molecule has 1 aliphatic heterocycles. The van der Waals surface area contributed by atoms with Crippen LogP contribution >= 0.6 is 23.5 Å². The smallest absolute Gasteiger partial charge is 0.238 e. The van der Waals surface area contributed by atoms with E-state index in [2.05, 4.69) is 25.2 Å². The number of benzene rings is 3. The van der Waals surface area contributed by atoms with E-state index in [-0.39, 0.29) is 17.2 Å². The Bertz CT molecular complexity index is 1080. The number of para-hydroxylation sites is 1. The van der Waals surface area contributed by atoms with Gasteiger partial charge in [0.2, 0.25) is 11.8 Å². The molecule has 1 atom stereocenters. The fourth-order valence-corrected chi connectivity index (χ4v) is 5.61. The van der Waals surface area contributed by atoms with Crippen molar-refractivity contribution in [2.45, 2.75) is 30.0 Å². The number of carbonyl (C=O) groups is 2. The summed E-state index contributed by atoms with van der Waals surface area (Å²) in [5.41, 5.74) is 3.97. The SMILES string of the molecule is CC(C)c1ccccc1N1C(=O)CSC1c1ccc(NC(=O)CSc2ccccc2)cc1. The Labute approximate surface area is 197 Å². The van der Waals surface area contributed by atoms with Crippen LogP contribution in [0.3, 0.4) is 0 Å². The third-order valence-electron chi connectivity index (χ3n) is 5.28. The molecule has 0 aliphatic carbocycles. The summed E-state index contributed by atoms with van der Waals surface area (Å²) < 4.78 is 0. The Morgan fingerprint density at radius 1 is 1.03 bits per heavy atom. The number of nitrogens with zero attached hydrogens (tertiary/aromatic N) is 1. The molecule has 0 spiro atoms. The molecule has 1 saturated heterocycles. The van der Waals surface area contributed by atoms with Crippen LogP contribution in [0.2, 0.25) is 0 Å². The summed E-state index contributed by atoms with van der Waals surface area (Å²) in [5, 5.41) is 2.89. The third kappa shape index (κ3) is 5.19. The molecule has 6 heteroatoms. The molecule has 164 valence electrons. The van der Waals surface area contributed by atoms with E-state index in [0.717, 1.165) is 21.8 Å². The highest BCUT2D eigenvalue weighted by atomic mass is 32.2. The summed E-state index contributed by atoms with van der Waals surface area (Å²) in [6.07, 6.45) is 0. The summed E-state index contributed by atoms with van der Waals surface area (Å²) in [5.74, 6) is 1.25. The zero-order valence-corrected chi connectivity index (χ0v) is 19.8. The van der Waals surface area contributed by atoms with Gasteiger partial charge in [-0.3, -0.25) is 14.5 Å². The molecule has 0 radical (unpaired) electrons. The number of hydrogen-bond acceptors (Lipinski definition) is 4. The van der Waals surface area contributed by atoms with Gasteiger partial charge in [-0.05, 0) is 47.4 Å². The van der Waals surface area contributed by atoms with Gasteiger partial charge in [0.1, 0.15) is 5.37 Å². The minimum absolute atomic E-state index is 0.0375. The van der Waals surface area contributed by atoms with Gasteiger partial charge in [-0.25, -0.2) is 0 Å². The number of nitrogens with one attached hydrogen (secondary N) is 1. The minimum Gasteiger partial charge on any atom is -0.325 e. The van der Waals surface area contributed by atoms with Gasteiger partial charge in [0.15, 0.2) is 0 Å². The number of rotatable bonds is 7. The second-order valence-electron chi connectivity index (χ2n) is 7.91. The van der Waals surface area contributed by atoms with Crippen molar-refractivity contribution in [3.63, 3.8) is 0 Å². The van der Waals surface area contributed by atoms with Gasteiger partial charge < -0.3 is 5.32 Å². The molecule has 3 aromatic rings. The normalized spacial score (nSPS) is 15.9. The second kappa shape index (κ2) is 10.3. The Kier molecular flexibility index (Phi) is 7.22. The van der Waals surface area contributed by atoms with E-state index in [4.69, 9.17) is 0 Å². The van der Waals surface area contributed by atoms with E-state index in [0.29, 0.717) is 17.4 Å². The van der Waals surface area contributed by atoms with Gasteiger partial charge in [0, 0.05) is 16.3 Å². The molecule has 3 aromatic carbocycles. The van der Waals surface area contributed by atoms with E-state index in [1.54, 1.807) is 11.8 Å². The van der Waals surface area contributed by atoms with Crippen LogP contribution < -0.4 is 10.2 Å². The van der Waals surface area contributed by atoms with Crippen molar-refractivity contribution in [1.82, 2.24) is 0 Å². The molecule has 0 bridgehead atoms. The number of thioether (sulfide) groups is 2. The fourth-order valence-electron chi connectivity index (χ4n) is 3.72. The number of carbonyl (C=O) groups excluding carboxylic acids is 2. The zero-order chi connectivity index (χ0) is 22.5. The molecule has 1 fully saturated rings. The molecule has 0 aromatic heterocycles. The molecule has 4 nitrogen and oxygen atoms in total. The van der Waals surface area contributed by atoms with Gasteiger partial charge in [-0.15, -0.1) is 23.5 Å². The predicted octanol–water partition coefficient (Wildman–Crippen LogP) is 6.32. The van der Waals surface area contributed by atoms with Crippen LogP contribution in [0.1, 0.15) is 36.3 Å². The van der Waals surface area contributed by atoms with Crippen molar-refractivity contribution in [3.8, 4) is 0 Å².